The number of halogens is 1. The van der Waals surface area contributed by atoms with E-state index in [0.717, 1.165) is 19.3 Å². The summed E-state index contributed by atoms with van der Waals surface area (Å²) in [6.45, 7) is 2.60. The predicted molar refractivity (Wildman–Crippen MR) is 82.5 cm³/mol. The Balaban J connectivity index is 1.89. The van der Waals surface area contributed by atoms with E-state index >= 15 is 0 Å². The Bertz CT molecular complexity index is 532. The Kier molecular flexibility index (Phi) is 6.38. The van der Waals surface area contributed by atoms with Crippen molar-refractivity contribution in [3.05, 3.63) is 30.1 Å². The van der Waals surface area contributed by atoms with Crippen LogP contribution in [0.3, 0.4) is 0 Å². The van der Waals surface area contributed by atoms with Crippen LogP contribution >= 0.6 is 0 Å². The average Bonchev–Trinajstić information content (AvgIpc) is 2.55. The van der Waals surface area contributed by atoms with Crippen molar-refractivity contribution in [3.63, 3.8) is 0 Å². The SMILES string of the molecule is CCOC(=O)C[C@H]1CCCCN1C(=O)COc1ccc(F)cc1. The number of hydrogen-bond donors (Lipinski definition) is 0. The largest absolute Gasteiger partial charge is 0.484 e. The Labute approximate surface area is 135 Å². The Morgan fingerprint density at radius 3 is 2.70 bits per heavy atom. The van der Waals surface area contributed by atoms with Gasteiger partial charge in [-0.3, -0.25) is 9.59 Å². The van der Waals surface area contributed by atoms with E-state index in [1.807, 2.05) is 0 Å². The molecule has 0 unspecified atom stereocenters. The van der Waals surface area contributed by atoms with Crippen molar-refractivity contribution in [1.82, 2.24) is 4.90 Å². The smallest absolute Gasteiger partial charge is 0.307 e. The third-order valence-corrected chi connectivity index (χ3v) is 3.83. The Hall–Kier alpha value is -2.11. The number of esters is 1. The summed E-state index contributed by atoms with van der Waals surface area (Å²) in [5, 5.41) is 0. The number of benzene rings is 1. The molecule has 0 spiro atoms. The molecule has 1 heterocycles. The first-order valence-electron chi connectivity index (χ1n) is 7.93. The van der Waals surface area contributed by atoms with Crippen LogP contribution in [0.25, 0.3) is 0 Å². The quantitative estimate of drug-likeness (QED) is 0.755. The fourth-order valence-corrected chi connectivity index (χ4v) is 2.71. The molecule has 1 fully saturated rings. The second kappa shape index (κ2) is 8.50. The number of likely N-dealkylation sites (tertiary alicyclic amines) is 1. The lowest BCUT2D eigenvalue weighted by atomic mass is 9.99. The fourth-order valence-electron chi connectivity index (χ4n) is 2.71. The van der Waals surface area contributed by atoms with E-state index in [-0.39, 0.29) is 36.8 Å². The summed E-state index contributed by atoms with van der Waals surface area (Å²) in [7, 11) is 0. The van der Waals surface area contributed by atoms with Gasteiger partial charge in [-0.15, -0.1) is 0 Å². The lowest BCUT2D eigenvalue weighted by Gasteiger charge is -2.35. The zero-order valence-electron chi connectivity index (χ0n) is 13.3. The van der Waals surface area contributed by atoms with Gasteiger partial charge in [0.25, 0.3) is 5.91 Å². The predicted octanol–water partition coefficient (Wildman–Crippen LogP) is 2.54. The topological polar surface area (TPSA) is 55.8 Å². The molecule has 0 bridgehead atoms. The minimum Gasteiger partial charge on any atom is -0.484 e. The summed E-state index contributed by atoms with van der Waals surface area (Å²) in [4.78, 5) is 25.7. The van der Waals surface area contributed by atoms with E-state index < -0.39 is 0 Å². The molecular formula is C17H22FNO4. The molecule has 1 amide bonds. The van der Waals surface area contributed by atoms with E-state index in [9.17, 15) is 14.0 Å². The van der Waals surface area contributed by atoms with E-state index in [4.69, 9.17) is 9.47 Å². The first-order valence-corrected chi connectivity index (χ1v) is 7.93. The fraction of sp³-hybridized carbons (Fsp3) is 0.529. The van der Waals surface area contributed by atoms with Gasteiger partial charge in [0.15, 0.2) is 6.61 Å². The number of amides is 1. The van der Waals surface area contributed by atoms with Gasteiger partial charge in [0.2, 0.25) is 0 Å². The van der Waals surface area contributed by atoms with E-state index in [1.165, 1.54) is 24.3 Å². The summed E-state index contributed by atoms with van der Waals surface area (Å²) in [5.74, 6) is -0.354. The highest BCUT2D eigenvalue weighted by Crippen LogP contribution is 2.21. The molecule has 126 valence electrons. The molecule has 1 aromatic rings. The van der Waals surface area contributed by atoms with Gasteiger partial charge in [0.1, 0.15) is 11.6 Å². The second-order valence-electron chi connectivity index (χ2n) is 5.49. The normalized spacial score (nSPS) is 17.7. The number of carbonyl (C=O) groups excluding carboxylic acids is 2. The minimum absolute atomic E-state index is 0.120. The number of piperidine rings is 1. The van der Waals surface area contributed by atoms with Crippen molar-refractivity contribution < 1.29 is 23.5 Å². The molecule has 0 aliphatic carbocycles. The minimum atomic E-state index is -0.353. The van der Waals surface area contributed by atoms with Crippen molar-refractivity contribution in [2.75, 3.05) is 19.8 Å². The van der Waals surface area contributed by atoms with Crippen LogP contribution in [0.15, 0.2) is 24.3 Å². The molecule has 0 radical (unpaired) electrons. The van der Waals surface area contributed by atoms with Crippen molar-refractivity contribution in [2.45, 2.75) is 38.6 Å². The lowest BCUT2D eigenvalue weighted by molar-refractivity contribution is -0.147. The highest BCUT2D eigenvalue weighted by Gasteiger charge is 2.29. The standard InChI is InChI=1S/C17H22FNO4/c1-2-22-17(21)11-14-5-3-4-10-19(14)16(20)12-23-15-8-6-13(18)7-9-15/h6-9,14H,2-5,10-12H2,1H3/t14-/m1/s1. The Morgan fingerprint density at radius 1 is 1.26 bits per heavy atom. The zero-order chi connectivity index (χ0) is 16.7. The van der Waals surface area contributed by atoms with E-state index in [0.29, 0.717) is 18.9 Å². The maximum atomic E-state index is 12.8. The molecule has 1 aliphatic heterocycles. The molecule has 1 aromatic carbocycles. The van der Waals surface area contributed by atoms with Gasteiger partial charge >= 0.3 is 5.97 Å². The zero-order valence-corrected chi connectivity index (χ0v) is 13.3. The summed E-state index contributed by atoms with van der Waals surface area (Å²) < 4.78 is 23.2. The third kappa shape index (κ3) is 5.23. The average molecular weight is 323 g/mol. The number of nitrogens with zero attached hydrogens (tertiary/aromatic N) is 1. The monoisotopic (exact) mass is 323 g/mol. The van der Waals surface area contributed by atoms with Crippen molar-refractivity contribution in [2.24, 2.45) is 0 Å². The van der Waals surface area contributed by atoms with Gasteiger partial charge in [0.05, 0.1) is 13.0 Å². The highest BCUT2D eigenvalue weighted by atomic mass is 19.1. The number of carbonyl (C=O) groups is 2. The maximum Gasteiger partial charge on any atom is 0.307 e. The Morgan fingerprint density at radius 2 is 2.00 bits per heavy atom. The van der Waals surface area contributed by atoms with Crippen LogP contribution in [-0.2, 0) is 14.3 Å². The number of ether oxygens (including phenoxy) is 2. The van der Waals surface area contributed by atoms with Crippen LogP contribution < -0.4 is 4.74 Å². The van der Waals surface area contributed by atoms with E-state index in [2.05, 4.69) is 0 Å². The van der Waals surface area contributed by atoms with Gasteiger partial charge in [-0.2, -0.15) is 0 Å². The van der Waals surface area contributed by atoms with Gasteiger partial charge in [-0.25, -0.2) is 4.39 Å². The van der Waals surface area contributed by atoms with Crippen LogP contribution in [-0.4, -0.2) is 42.6 Å². The van der Waals surface area contributed by atoms with Gasteiger partial charge in [0, 0.05) is 12.6 Å². The molecule has 1 atom stereocenters. The maximum absolute atomic E-state index is 12.8. The molecule has 6 heteroatoms. The molecule has 5 nitrogen and oxygen atoms in total. The summed E-state index contributed by atoms with van der Waals surface area (Å²) in [6, 6.07) is 5.39. The third-order valence-electron chi connectivity index (χ3n) is 3.83. The van der Waals surface area contributed by atoms with Crippen LogP contribution in [0.2, 0.25) is 0 Å². The molecule has 1 aliphatic rings. The first kappa shape index (κ1) is 17.2. The van der Waals surface area contributed by atoms with Crippen molar-refractivity contribution in [1.29, 1.82) is 0 Å². The molecule has 0 aromatic heterocycles. The van der Waals surface area contributed by atoms with Crippen molar-refractivity contribution >= 4 is 11.9 Å². The van der Waals surface area contributed by atoms with E-state index in [1.54, 1.807) is 11.8 Å². The number of hydrogen-bond acceptors (Lipinski definition) is 4. The van der Waals surface area contributed by atoms with Crippen LogP contribution in [0.5, 0.6) is 5.75 Å². The summed E-state index contributed by atoms with van der Waals surface area (Å²) in [6.07, 6.45) is 2.92. The first-order chi connectivity index (χ1) is 11.1. The molecule has 23 heavy (non-hydrogen) atoms. The van der Waals surface area contributed by atoms with Gasteiger partial charge in [-0.1, -0.05) is 0 Å². The van der Waals surface area contributed by atoms with Gasteiger partial charge < -0.3 is 14.4 Å². The van der Waals surface area contributed by atoms with Crippen LogP contribution in [0.4, 0.5) is 4.39 Å². The van der Waals surface area contributed by atoms with Gasteiger partial charge in [-0.05, 0) is 50.5 Å². The number of rotatable bonds is 6. The lowest BCUT2D eigenvalue weighted by Crippen LogP contribution is -2.46. The molecule has 1 saturated heterocycles. The second-order valence-corrected chi connectivity index (χ2v) is 5.49. The van der Waals surface area contributed by atoms with Crippen LogP contribution in [0.1, 0.15) is 32.6 Å². The summed E-state index contributed by atoms with van der Waals surface area (Å²) in [5.41, 5.74) is 0. The molecule has 0 saturated carbocycles. The molecule has 2 rings (SSSR count). The van der Waals surface area contributed by atoms with Crippen molar-refractivity contribution in [3.8, 4) is 5.75 Å². The highest BCUT2D eigenvalue weighted by molar-refractivity contribution is 5.79. The molecule has 0 N–H and O–H groups in total. The van der Waals surface area contributed by atoms with Crippen LogP contribution in [0, 0.1) is 5.82 Å². The summed E-state index contributed by atoms with van der Waals surface area (Å²) >= 11 is 0. The molecular weight excluding hydrogens is 301 g/mol.